The standard InChI is InChI=1S/C12H23N3O2S.C11H21NO2S.Na.2H2O/c1-12(2,3)17-11(16)15-6-4-9(5-7-15)8-18-10(13)14;1-11(2,3)14-10(13)12-6-4-9(8-15)5-7-12;;;/h9H,4-8H2,1-3H3,(H3,13,14);9,15H,4-8H2,1-3H3;;2*1H2/q;;+1;;/p-1. The van der Waals surface area contributed by atoms with Gasteiger partial charge in [-0.2, -0.15) is 12.6 Å². The summed E-state index contributed by atoms with van der Waals surface area (Å²) in [7, 11) is 0. The second-order valence-corrected chi connectivity index (χ2v) is 12.1. The Labute approximate surface area is 249 Å². The number of hydrogen-bond acceptors (Lipinski definition) is 8. The second-order valence-electron chi connectivity index (χ2n) is 10.7. The molecule has 0 aromatic rings. The van der Waals surface area contributed by atoms with E-state index in [0.29, 0.717) is 11.8 Å². The number of rotatable bonds is 3. The summed E-state index contributed by atoms with van der Waals surface area (Å²) in [6.45, 7) is 14.4. The van der Waals surface area contributed by atoms with Gasteiger partial charge in [0, 0.05) is 31.9 Å². The molecule has 0 saturated carbocycles. The van der Waals surface area contributed by atoms with Gasteiger partial charge in [-0.25, -0.2) is 9.59 Å². The molecule has 0 bridgehead atoms. The van der Waals surface area contributed by atoms with Gasteiger partial charge < -0.3 is 36.0 Å². The molecule has 13 heteroatoms. The smallest absolute Gasteiger partial charge is 0.870 e. The van der Waals surface area contributed by atoms with Crippen molar-refractivity contribution in [1.82, 2.24) is 9.80 Å². The molecule has 0 radical (unpaired) electrons. The first-order valence-electron chi connectivity index (χ1n) is 11.7. The van der Waals surface area contributed by atoms with Gasteiger partial charge in [-0.05, 0) is 84.8 Å². The van der Waals surface area contributed by atoms with E-state index < -0.39 is 11.2 Å². The van der Waals surface area contributed by atoms with Gasteiger partial charge >= 0.3 is 41.7 Å². The third-order valence-corrected chi connectivity index (χ3v) is 6.73. The summed E-state index contributed by atoms with van der Waals surface area (Å²) in [6.07, 6.45) is 3.60. The number of piperidine rings is 2. The van der Waals surface area contributed by atoms with Gasteiger partial charge in [0.2, 0.25) is 0 Å². The number of nitrogens with one attached hydrogen (secondary N) is 1. The van der Waals surface area contributed by atoms with Crippen LogP contribution in [0.1, 0.15) is 67.2 Å². The van der Waals surface area contributed by atoms with E-state index in [1.807, 2.05) is 41.5 Å². The molecular formula is C23H47N4NaO6S2. The quantitative estimate of drug-likeness (QED) is 0.198. The molecule has 208 valence electrons. The average molecular weight is 563 g/mol. The predicted octanol–water partition coefficient (Wildman–Crippen LogP) is 0.826. The Morgan fingerprint density at radius 2 is 1.22 bits per heavy atom. The summed E-state index contributed by atoms with van der Waals surface area (Å²) in [4.78, 5) is 27.1. The minimum Gasteiger partial charge on any atom is -0.870 e. The fraction of sp³-hybridized carbons (Fsp3) is 0.870. The molecule has 0 atom stereocenters. The van der Waals surface area contributed by atoms with Gasteiger partial charge in [0.15, 0.2) is 5.17 Å². The maximum atomic E-state index is 11.8. The summed E-state index contributed by atoms with van der Waals surface area (Å²) in [5.41, 5.74) is 4.49. The molecule has 10 nitrogen and oxygen atoms in total. The number of amides is 2. The number of nitrogens with two attached hydrogens (primary N) is 1. The number of hydrogen-bond donors (Lipinski definition) is 3. The van der Waals surface area contributed by atoms with E-state index in [1.165, 1.54) is 11.8 Å². The molecule has 2 heterocycles. The number of thioether (sulfide) groups is 1. The molecule has 2 aliphatic rings. The third-order valence-electron chi connectivity index (χ3n) is 5.27. The normalized spacial score (nSPS) is 16.8. The Balaban J connectivity index is -0.000000566. The zero-order valence-corrected chi connectivity index (χ0v) is 26.8. The van der Waals surface area contributed by atoms with Crippen molar-refractivity contribution in [3.05, 3.63) is 0 Å². The largest absolute Gasteiger partial charge is 1.00 e. The van der Waals surface area contributed by atoms with Gasteiger partial charge in [0.1, 0.15) is 11.2 Å². The molecule has 0 unspecified atom stereocenters. The van der Waals surface area contributed by atoms with Crippen molar-refractivity contribution in [2.75, 3.05) is 37.7 Å². The summed E-state index contributed by atoms with van der Waals surface area (Å²) in [5.74, 6) is 2.99. The van der Waals surface area contributed by atoms with Crippen LogP contribution in [-0.4, -0.2) is 87.0 Å². The van der Waals surface area contributed by atoms with E-state index in [4.69, 9.17) is 20.6 Å². The van der Waals surface area contributed by atoms with Gasteiger partial charge in [-0.3, -0.25) is 5.41 Å². The maximum Gasteiger partial charge on any atom is 1.00 e. The van der Waals surface area contributed by atoms with Crippen LogP contribution in [0.4, 0.5) is 9.59 Å². The zero-order valence-electron chi connectivity index (χ0n) is 23.1. The van der Waals surface area contributed by atoms with E-state index in [1.54, 1.807) is 9.80 Å². The number of carbonyl (C=O) groups excluding carboxylic acids is 2. The van der Waals surface area contributed by atoms with Crippen molar-refractivity contribution >= 4 is 41.7 Å². The zero-order chi connectivity index (χ0) is 25.2. The molecule has 0 spiro atoms. The van der Waals surface area contributed by atoms with Crippen LogP contribution in [0, 0.1) is 17.2 Å². The van der Waals surface area contributed by atoms with Crippen LogP contribution < -0.4 is 35.3 Å². The number of amidine groups is 1. The van der Waals surface area contributed by atoms with Crippen molar-refractivity contribution in [3.63, 3.8) is 0 Å². The molecule has 0 aromatic heterocycles. The topological polar surface area (TPSA) is 170 Å². The first kappa shape index (κ1) is 40.1. The molecule has 0 aliphatic carbocycles. The molecule has 2 fully saturated rings. The van der Waals surface area contributed by atoms with Gasteiger partial charge in [0.05, 0.1) is 0 Å². The first-order chi connectivity index (χ1) is 15.2. The van der Waals surface area contributed by atoms with Gasteiger partial charge in [0.25, 0.3) is 0 Å². The minimum atomic E-state index is -0.432. The summed E-state index contributed by atoms with van der Waals surface area (Å²) in [6, 6.07) is 0. The molecule has 2 aliphatic heterocycles. The molecule has 2 saturated heterocycles. The fourth-order valence-corrected chi connectivity index (χ4v) is 4.55. The minimum absolute atomic E-state index is 0. The summed E-state index contributed by atoms with van der Waals surface area (Å²) >= 11 is 5.66. The van der Waals surface area contributed by atoms with Crippen molar-refractivity contribution < 1.29 is 59.6 Å². The van der Waals surface area contributed by atoms with E-state index in [2.05, 4.69) is 12.6 Å². The average Bonchev–Trinajstić information content (AvgIpc) is 2.70. The molecule has 2 amide bonds. The molecule has 6 N–H and O–H groups in total. The van der Waals surface area contributed by atoms with Crippen LogP contribution in [0.5, 0.6) is 0 Å². The molecule has 2 rings (SSSR count). The predicted molar refractivity (Wildman–Crippen MR) is 145 cm³/mol. The van der Waals surface area contributed by atoms with Crippen LogP contribution in [0.25, 0.3) is 0 Å². The van der Waals surface area contributed by atoms with E-state index in [-0.39, 0.29) is 57.9 Å². The van der Waals surface area contributed by atoms with E-state index in [0.717, 1.165) is 63.4 Å². The second kappa shape index (κ2) is 18.8. The summed E-state index contributed by atoms with van der Waals surface area (Å²) in [5, 5.41) is 7.35. The molecule has 36 heavy (non-hydrogen) atoms. The number of ether oxygens (including phenoxy) is 2. The Morgan fingerprint density at radius 1 is 0.889 bits per heavy atom. The third kappa shape index (κ3) is 18.0. The van der Waals surface area contributed by atoms with Crippen molar-refractivity contribution in [1.29, 1.82) is 5.41 Å². The monoisotopic (exact) mass is 562 g/mol. The van der Waals surface area contributed by atoms with E-state index >= 15 is 0 Å². The van der Waals surface area contributed by atoms with E-state index in [9.17, 15) is 9.59 Å². The van der Waals surface area contributed by atoms with Crippen molar-refractivity contribution in [2.45, 2.75) is 78.4 Å². The fourth-order valence-electron chi connectivity index (χ4n) is 3.44. The molecular weight excluding hydrogens is 515 g/mol. The Hall–Kier alpha value is -0.370. The Morgan fingerprint density at radius 3 is 1.50 bits per heavy atom. The Bertz CT molecular complexity index is 645. The van der Waals surface area contributed by atoms with Gasteiger partial charge in [-0.1, -0.05) is 11.8 Å². The first-order valence-corrected chi connectivity index (χ1v) is 13.4. The molecule has 0 aromatic carbocycles. The van der Waals surface area contributed by atoms with Crippen LogP contribution in [0.15, 0.2) is 0 Å². The Kier molecular flexibility index (Phi) is 21.0. The van der Waals surface area contributed by atoms with Gasteiger partial charge in [-0.15, -0.1) is 0 Å². The van der Waals surface area contributed by atoms with Crippen LogP contribution in [-0.2, 0) is 9.47 Å². The number of likely N-dealkylation sites (tertiary alicyclic amines) is 2. The maximum absolute atomic E-state index is 11.8. The van der Waals surface area contributed by atoms with Crippen molar-refractivity contribution in [3.8, 4) is 0 Å². The van der Waals surface area contributed by atoms with Crippen molar-refractivity contribution in [2.24, 2.45) is 17.6 Å². The SMILES string of the molecule is CC(C)(C)OC(=O)N1CCC(CS)CC1.CC(C)(C)OC(=O)N1CCC(CSC(=N)N)CC1.O.[Na+].[OH-]. The van der Waals surface area contributed by atoms with Crippen LogP contribution in [0.3, 0.4) is 0 Å². The van der Waals surface area contributed by atoms with Crippen LogP contribution in [0.2, 0.25) is 0 Å². The van der Waals surface area contributed by atoms with Crippen LogP contribution >= 0.6 is 24.4 Å². The number of nitrogens with zero attached hydrogens (tertiary/aromatic N) is 2. The number of thiol groups is 1. The number of carbonyl (C=O) groups is 2. The summed E-state index contributed by atoms with van der Waals surface area (Å²) < 4.78 is 10.7.